The molecule has 0 bridgehead atoms. The number of aromatic amines is 1. The molecule has 118 valence electrons. The molecule has 0 aliphatic carbocycles. The molecular formula is C18H12N2O4. The van der Waals surface area contributed by atoms with Crippen LogP contribution in [-0.2, 0) is 0 Å². The second-order valence-corrected chi connectivity index (χ2v) is 5.37. The molecule has 3 N–H and O–H groups in total. The number of carboxylic acids is 1. The number of para-hydroxylation sites is 1. The van der Waals surface area contributed by atoms with E-state index >= 15 is 0 Å². The number of carboxylic acid groups (broad SMARTS) is 1. The molecule has 2 heterocycles. The summed E-state index contributed by atoms with van der Waals surface area (Å²) in [6.07, 6.45) is 1.78. The Labute approximate surface area is 135 Å². The van der Waals surface area contributed by atoms with E-state index in [0.29, 0.717) is 22.2 Å². The minimum absolute atomic E-state index is 0.135. The van der Waals surface area contributed by atoms with Crippen LogP contribution in [0, 0.1) is 0 Å². The van der Waals surface area contributed by atoms with Crippen molar-refractivity contribution in [3.63, 3.8) is 0 Å². The van der Waals surface area contributed by atoms with E-state index < -0.39 is 5.97 Å². The number of fused-ring (bicyclic) bond motifs is 2. The number of hydrogen-bond donors (Lipinski definition) is 3. The Kier molecular flexibility index (Phi) is 3.09. The molecule has 0 spiro atoms. The van der Waals surface area contributed by atoms with Gasteiger partial charge in [0.1, 0.15) is 5.58 Å². The molecule has 0 aliphatic heterocycles. The number of aromatic carboxylic acids is 1. The number of carbonyl (C=O) groups is 2. The third-order valence-corrected chi connectivity index (χ3v) is 3.82. The third kappa shape index (κ3) is 2.30. The fourth-order valence-corrected chi connectivity index (χ4v) is 2.70. The smallest absolute Gasteiger partial charge is 0.371 e. The summed E-state index contributed by atoms with van der Waals surface area (Å²) in [7, 11) is 0. The Morgan fingerprint density at radius 1 is 1.04 bits per heavy atom. The molecule has 2 aromatic heterocycles. The molecule has 0 atom stereocenters. The van der Waals surface area contributed by atoms with Crippen LogP contribution in [0.15, 0.2) is 59.1 Å². The summed E-state index contributed by atoms with van der Waals surface area (Å²) < 4.78 is 5.20. The van der Waals surface area contributed by atoms with Crippen molar-refractivity contribution in [2.75, 3.05) is 5.32 Å². The van der Waals surface area contributed by atoms with Gasteiger partial charge in [0.05, 0.1) is 11.1 Å². The van der Waals surface area contributed by atoms with Gasteiger partial charge in [-0.05, 0) is 36.4 Å². The lowest BCUT2D eigenvalue weighted by atomic mass is 10.1. The number of rotatable bonds is 3. The monoisotopic (exact) mass is 320 g/mol. The summed E-state index contributed by atoms with van der Waals surface area (Å²) >= 11 is 0. The van der Waals surface area contributed by atoms with Gasteiger partial charge in [-0.15, -0.1) is 0 Å². The highest BCUT2D eigenvalue weighted by atomic mass is 16.4. The summed E-state index contributed by atoms with van der Waals surface area (Å²) in [6.45, 7) is 0. The number of nitrogens with one attached hydrogen (secondary N) is 2. The molecule has 0 fully saturated rings. The van der Waals surface area contributed by atoms with Crippen molar-refractivity contribution in [1.82, 2.24) is 4.98 Å². The van der Waals surface area contributed by atoms with Gasteiger partial charge in [-0.25, -0.2) is 4.79 Å². The lowest BCUT2D eigenvalue weighted by Gasteiger charge is -2.06. The first-order chi connectivity index (χ1) is 11.6. The van der Waals surface area contributed by atoms with E-state index in [2.05, 4.69) is 10.3 Å². The summed E-state index contributed by atoms with van der Waals surface area (Å²) in [5.74, 6) is -1.51. The van der Waals surface area contributed by atoms with Crippen LogP contribution in [0.5, 0.6) is 0 Å². The van der Waals surface area contributed by atoms with E-state index in [4.69, 9.17) is 9.52 Å². The summed E-state index contributed by atoms with van der Waals surface area (Å²) in [5.41, 5.74) is 2.33. The second-order valence-electron chi connectivity index (χ2n) is 5.37. The van der Waals surface area contributed by atoms with E-state index in [1.54, 1.807) is 30.5 Å². The molecule has 6 nitrogen and oxygen atoms in total. The lowest BCUT2D eigenvalue weighted by Crippen LogP contribution is -2.12. The van der Waals surface area contributed by atoms with Crippen molar-refractivity contribution in [1.29, 1.82) is 0 Å². The highest BCUT2D eigenvalue weighted by Crippen LogP contribution is 2.24. The standard InChI is InChI=1S/C18H12N2O4/c21-17(13-3-1-2-10-6-7-19-16(10)13)20-12-4-5-14-11(8-12)9-15(24-14)18(22)23/h1-9,19H,(H,20,21)(H,22,23). The van der Waals surface area contributed by atoms with Gasteiger partial charge in [0.2, 0.25) is 5.76 Å². The number of H-pyrrole nitrogens is 1. The Morgan fingerprint density at radius 3 is 2.75 bits per heavy atom. The number of aromatic nitrogens is 1. The highest BCUT2D eigenvalue weighted by Gasteiger charge is 2.13. The Balaban J connectivity index is 1.67. The third-order valence-electron chi connectivity index (χ3n) is 3.82. The van der Waals surface area contributed by atoms with Crippen LogP contribution in [0.1, 0.15) is 20.9 Å². The lowest BCUT2D eigenvalue weighted by molar-refractivity contribution is 0.0665. The summed E-state index contributed by atoms with van der Waals surface area (Å²) in [4.78, 5) is 26.5. The van der Waals surface area contributed by atoms with Gasteiger partial charge in [-0.1, -0.05) is 12.1 Å². The summed E-state index contributed by atoms with van der Waals surface area (Å²) in [5, 5.41) is 13.4. The quantitative estimate of drug-likeness (QED) is 0.534. The zero-order valence-electron chi connectivity index (χ0n) is 12.4. The Bertz CT molecular complexity index is 1090. The first kappa shape index (κ1) is 14.1. The van der Waals surface area contributed by atoms with Gasteiger partial charge in [-0.3, -0.25) is 4.79 Å². The fourth-order valence-electron chi connectivity index (χ4n) is 2.70. The molecular weight excluding hydrogens is 308 g/mol. The molecule has 2 aromatic carbocycles. The molecule has 0 saturated carbocycles. The molecule has 0 radical (unpaired) electrons. The van der Waals surface area contributed by atoms with E-state index in [0.717, 1.165) is 10.9 Å². The molecule has 0 saturated heterocycles. The van der Waals surface area contributed by atoms with Crippen molar-refractivity contribution in [2.24, 2.45) is 0 Å². The second kappa shape index (κ2) is 5.27. The van der Waals surface area contributed by atoms with Crippen LogP contribution in [0.2, 0.25) is 0 Å². The number of hydrogen-bond acceptors (Lipinski definition) is 3. The molecule has 24 heavy (non-hydrogen) atoms. The number of benzene rings is 2. The normalized spacial score (nSPS) is 11.0. The number of carbonyl (C=O) groups excluding carboxylic acids is 1. The van der Waals surface area contributed by atoms with Gasteiger partial charge in [0, 0.05) is 22.7 Å². The zero-order chi connectivity index (χ0) is 16.7. The van der Waals surface area contributed by atoms with Crippen LogP contribution in [0.25, 0.3) is 21.9 Å². The van der Waals surface area contributed by atoms with E-state index in [1.165, 1.54) is 6.07 Å². The van der Waals surface area contributed by atoms with Crippen LogP contribution in [0.4, 0.5) is 5.69 Å². The highest BCUT2D eigenvalue weighted by molar-refractivity contribution is 6.12. The van der Waals surface area contributed by atoms with Crippen molar-refractivity contribution in [3.8, 4) is 0 Å². The maximum atomic E-state index is 12.5. The largest absolute Gasteiger partial charge is 0.475 e. The van der Waals surface area contributed by atoms with Gasteiger partial charge < -0.3 is 19.8 Å². The van der Waals surface area contributed by atoms with Crippen LogP contribution < -0.4 is 5.32 Å². The van der Waals surface area contributed by atoms with Gasteiger partial charge >= 0.3 is 5.97 Å². The van der Waals surface area contributed by atoms with Crippen molar-refractivity contribution < 1.29 is 19.1 Å². The SMILES string of the molecule is O=C(O)c1cc2cc(NC(=O)c3cccc4cc[nH]c34)ccc2o1. The Hall–Kier alpha value is -3.54. The zero-order valence-corrected chi connectivity index (χ0v) is 12.4. The minimum Gasteiger partial charge on any atom is -0.475 e. The number of furan rings is 1. The van der Waals surface area contributed by atoms with Crippen molar-refractivity contribution in [2.45, 2.75) is 0 Å². The maximum Gasteiger partial charge on any atom is 0.371 e. The number of anilines is 1. The molecule has 0 aliphatic rings. The average Bonchev–Trinajstić information content (AvgIpc) is 3.20. The first-order valence-electron chi connectivity index (χ1n) is 7.26. The molecule has 0 unspecified atom stereocenters. The predicted molar refractivity (Wildman–Crippen MR) is 89.4 cm³/mol. The molecule has 4 rings (SSSR count). The first-order valence-corrected chi connectivity index (χ1v) is 7.26. The topological polar surface area (TPSA) is 95.3 Å². The molecule has 1 amide bonds. The fraction of sp³-hybridized carbons (Fsp3) is 0. The van der Waals surface area contributed by atoms with Crippen LogP contribution in [0.3, 0.4) is 0 Å². The van der Waals surface area contributed by atoms with Gasteiger partial charge in [0.25, 0.3) is 5.91 Å². The summed E-state index contributed by atoms with van der Waals surface area (Å²) in [6, 6.07) is 13.8. The maximum absolute atomic E-state index is 12.5. The van der Waals surface area contributed by atoms with Crippen LogP contribution >= 0.6 is 0 Å². The average molecular weight is 320 g/mol. The molecule has 4 aromatic rings. The Morgan fingerprint density at radius 2 is 1.92 bits per heavy atom. The van der Waals surface area contributed by atoms with Gasteiger partial charge in [-0.2, -0.15) is 0 Å². The molecule has 6 heteroatoms. The van der Waals surface area contributed by atoms with E-state index in [9.17, 15) is 9.59 Å². The van der Waals surface area contributed by atoms with Crippen molar-refractivity contribution >= 4 is 39.4 Å². The van der Waals surface area contributed by atoms with Crippen LogP contribution in [-0.4, -0.2) is 22.0 Å². The van der Waals surface area contributed by atoms with Gasteiger partial charge in [0.15, 0.2) is 0 Å². The predicted octanol–water partition coefficient (Wildman–Crippen LogP) is 3.86. The van der Waals surface area contributed by atoms with E-state index in [-0.39, 0.29) is 11.7 Å². The minimum atomic E-state index is -1.13. The van der Waals surface area contributed by atoms with E-state index in [1.807, 2.05) is 18.2 Å². The van der Waals surface area contributed by atoms with Crippen molar-refractivity contribution in [3.05, 3.63) is 66.1 Å². The number of amides is 1.